The van der Waals surface area contributed by atoms with Gasteiger partial charge >= 0.3 is 0 Å². The van der Waals surface area contributed by atoms with Crippen molar-refractivity contribution in [2.75, 3.05) is 20.8 Å². The van der Waals surface area contributed by atoms with Gasteiger partial charge in [-0.15, -0.1) is 0 Å². The molecule has 0 radical (unpaired) electrons. The van der Waals surface area contributed by atoms with Gasteiger partial charge in [-0.3, -0.25) is 4.79 Å². The lowest BCUT2D eigenvalue weighted by atomic mass is 10.2. The molecule has 3 heteroatoms. The van der Waals surface area contributed by atoms with Crippen LogP contribution in [-0.2, 0) is 4.79 Å². The third kappa shape index (κ3) is 4.45. The van der Waals surface area contributed by atoms with Crippen molar-refractivity contribution in [3.63, 3.8) is 0 Å². The van der Waals surface area contributed by atoms with Crippen molar-refractivity contribution in [3.8, 4) is 0 Å². The average molecular weight is 185 g/mol. The van der Waals surface area contributed by atoms with E-state index in [0.717, 1.165) is 6.29 Å². The number of halogens is 1. The third-order valence-electron chi connectivity index (χ3n) is 1.76. The van der Waals surface area contributed by atoms with Crippen LogP contribution in [-0.4, -0.2) is 32.0 Å². The molecular formula is C10H16FNO. The normalized spacial score (nSPS) is 12.9. The molecule has 0 saturated carbocycles. The maximum absolute atomic E-state index is 12.3. The van der Waals surface area contributed by atoms with Crippen molar-refractivity contribution >= 4 is 6.29 Å². The predicted octanol–water partition coefficient (Wildman–Crippen LogP) is 1.94. The molecule has 13 heavy (non-hydrogen) atoms. The molecule has 2 nitrogen and oxygen atoms in total. The van der Waals surface area contributed by atoms with Crippen LogP contribution in [0.1, 0.15) is 13.3 Å². The molecule has 0 rings (SSSR count). The Hall–Kier alpha value is -1.12. The van der Waals surface area contributed by atoms with Crippen LogP contribution in [0.4, 0.5) is 4.39 Å². The van der Waals surface area contributed by atoms with Crippen LogP contribution in [0.2, 0.25) is 0 Å². The molecular weight excluding hydrogens is 169 g/mol. The Morgan fingerprint density at radius 3 is 2.31 bits per heavy atom. The van der Waals surface area contributed by atoms with Gasteiger partial charge in [0.2, 0.25) is 0 Å². The first-order valence-corrected chi connectivity index (χ1v) is 4.23. The van der Waals surface area contributed by atoms with E-state index in [4.69, 9.17) is 0 Å². The molecule has 0 atom stereocenters. The van der Waals surface area contributed by atoms with Crippen molar-refractivity contribution in [2.24, 2.45) is 0 Å². The van der Waals surface area contributed by atoms with E-state index in [2.05, 4.69) is 0 Å². The molecule has 74 valence electrons. The summed E-state index contributed by atoms with van der Waals surface area (Å²) in [5.41, 5.74) is 1.24. The molecule has 0 aliphatic heterocycles. The monoisotopic (exact) mass is 185 g/mol. The predicted molar refractivity (Wildman–Crippen MR) is 52.2 cm³/mol. The second-order valence-corrected chi connectivity index (χ2v) is 2.90. The zero-order chi connectivity index (χ0) is 10.3. The summed E-state index contributed by atoms with van der Waals surface area (Å²) in [7, 11) is 3.54. The van der Waals surface area contributed by atoms with Gasteiger partial charge in [-0.25, -0.2) is 4.39 Å². The summed E-state index contributed by atoms with van der Waals surface area (Å²) in [6.45, 7) is 1.37. The van der Waals surface area contributed by atoms with Crippen LogP contribution in [0.3, 0.4) is 0 Å². The van der Waals surface area contributed by atoms with Crippen molar-refractivity contribution in [3.05, 3.63) is 23.4 Å². The number of aldehydes is 1. The highest BCUT2D eigenvalue weighted by Crippen LogP contribution is 2.03. The van der Waals surface area contributed by atoms with Gasteiger partial charge in [0.15, 0.2) is 0 Å². The molecule has 0 fully saturated rings. The first kappa shape index (κ1) is 11.9. The molecule has 0 spiro atoms. The summed E-state index contributed by atoms with van der Waals surface area (Å²) in [5, 5.41) is 0. The number of nitrogens with zero attached hydrogens (tertiary/aromatic N) is 1. The quantitative estimate of drug-likeness (QED) is 0.370. The van der Waals surface area contributed by atoms with Gasteiger partial charge in [0.25, 0.3) is 0 Å². The Bertz CT molecular complexity index is 219. The smallest absolute Gasteiger partial charge is 0.146 e. The fourth-order valence-corrected chi connectivity index (χ4v) is 0.757. The van der Waals surface area contributed by atoms with Gasteiger partial charge in [-0.05, 0) is 18.1 Å². The number of hydrogen-bond acceptors (Lipinski definition) is 2. The number of rotatable bonds is 5. The molecule has 0 aromatic carbocycles. The zero-order valence-corrected chi connectivity index (χ0v) is 8.38. The standard InChI is InChI=1S/C10H16FNO/c1-4-9(8-13)5-6-10(7-11)12(2)3/h5-6,8H,4,7H2,1-3H3/b9-5+,10-6+. The van der Waals surface area contributed by atoms with Crippen LogP contribution < -0.4 is 0 Å². The average Bonchev–Trinajstić information content (AvgIpc) is 2.12. The lowest BCUT2D eigenvalue weighted by Gasteiger charge is -2.12. The summed E-state index contributed by atoms with van der Waals surface area (Å²) in [6.07, 6.45) is 4.75. The van der Waals surface area contributed by atoms with Crippen LogP contribution in [0.25, 0.3) is 0 Å². The van der Waals surface area contributed by atoms with Crippen molar-refractivity contribution < 1.29 is 9.18 Å². The summed E-state index contributed by atoms with van der Waals surface area (Å²) in [6, 6.07) is 0. The van der Waals surface area contributed by atoms with Crippen molar-refractivity contribution in [1.82, 2.24) is 4.90 Å². The highest BCUT2D eigenvalue weighted by atomic mass is 19.1. The summed E-state index contributed by atoms with van der Waals surface area (Å²) in [4.78, 5) is 12.1. The fourth-order valence-electron chi connectivity index (χ4n) is 0.757. The third-order valence-corrected chi connectivity index (χ3v) is 1.76. The first-order chi connectivity index (χ1) is 6.15. The number of hydrogen-bond donors (Lipinski definition) is 0. The molecule has 0 unspecified atom stereocenters. The highest BCUT2D eigenvalue weighted by molar-refractivity contribution is 5.73. The van der Waals surface area contributed by atoms with Gasteiger partial charge in [-0.2, -0.15) is 0 Å². The van der Waals surface area contributed by atoms with Crippen molar-refractivity contribution in [2.45, 2.75) is 13.3 Å². The minimum absolute atomic E-state index is 0.515. The summed E-state index contributed by atoms with van der Waals surface area (Å²) in [5.74, 6) is 0. The maximum Gasteiger partial charge on any atom is 0.146 e. The fraction of sp³-hybridized carbons (Fsp3) is 0.500. The topological polar surface area (TPSA) is 20.3 Å². The second-order valence-electron chi connectivity index (χ2n) is 2.90. The Labute approximate surface area is 78.7 Å². The molecule has 0 N–H and O–H groups in total. The van der Waals surface area contributed by atoms with E-state index in [9.17, 15) is 9.18 Å². The molecule has 0 aliphatic rings. The maximum atomic E-state index is 12.3. The minimum Gasteiger partial charge on any atom is -0.379 e. The van der Waals surface area contributed by atoms with E-state index >= 15 is 0 Å². The van der Waals surface area contributed by atoms with Gasteiger partial charge in [-0.1, -0.05) is 13.0 Å². The minimum atomic E-state index is -0.515. The van der Waals surface area contributed by atoms with Gasteiger partial charge < -0.3 is 4.90 Å². The van der Waals surface area contributed by atoms with Crippen LogP contribution in [0.15, 0.2) is 23.4 Å². The van der Waals surface area contributed by atoms with Crippen LogP contribution in [0, 0.1) is 0 Å². The molecule has 0 aliphatic carbocycles. The lowest BCUT2D eigenvalue weighted by molar-refractivity contribution is -0.105. The second kappa shape index (κ2) is 6.40. The summed E-state index contributed by atoms with van der Waals surface area (Å²) < 4.78 is 12.3. The highest BCUT2D eigenvalue weighted by Gasteiger charge is 1.96. The molecule has 0 amide bonds. The Balaban J connectivity index is 4.51. The number of alkyl halides is 1. The number of carbonyl (C=O) groups excluding carboxylic acids is 1. The number of allylic oxidation sites excluding steroid dienone is 4. The molecule has 0 saturated heterocycles. The molecule has 0 bridgehead atoms. The molecule has 0 heterocycles. The van der Waals surface area contributed by atoms with E-state index in [1.54, 1.807) is 31.1 Å². The first-order valence-electron chi connectivity index (χ1n) is 4.23. The SMILES string of the molecule is CC/C(C=O)=C\C=C(/CF)N(C)C. The molecule has 0 aromatic rings. The Morgan fingerprint density at radius 1 is 1.38 bits per heavy atom. The zero-order valence-electron chi connectivity index (χ0n) is 8.38. The van der Waals surface area contributed by atoms with Gasteiger partial charge in [0.1, 0.15) is 13.0 Å². The Morgan fingerprint density at radius 2 is 2.00 bits per heavy atom. The van der Waals surface area contributed by atoms with Crippen LogP contribution >= 0.6 is 0 Å². The molecule has 0 aromatic heterocycles. The van der Waals surface area contributed by atoms with E-state index < -0.39 is 6.67 Å². The van der Waals surface area contributed by atoms with Gasteiger partial charge in [0, 0.05) is 19.8 Å². The van der Waals surface area contributed by atoms with Crippen LogP contribution in [0.5, 0.6) is 0 Å². The number of carbonyl (C=O) groups is 1. The summed E-state index contributed by atoms with van der Waals surface area (Å²) >= 11 is 0. The van der Waals surface area contributed by atoms with E-state index in [-0.39, 0.29) is 0 Å². The van der Waals surface area contributed by atoms with E-state index in [1.165, 1.54) is 0 Å². The largest absolute Gasteiger partial charge is 0.379 e. The van der Waals surface area contributed by atoms with Gasteiger partial charge in [0.05, 0.1) is 0 Å². The van der Waals surface area contributed by atoms with E-state index in [0.29, 0.717) is 17.7 Å². The van der Waals surface area contributed by atoms with E-state index in [1.807, 2.05) is 6.92 Å². The Kier molecular flexibility index (Phi) is 5.85. The lowest BCUT2D eigenvalue weighted by Crippen LogP contribution is -2.12. The van der Waals surface area contributed by atoms with Crippen molar-refractivity contribution in [1.29, 1.82) is 0 Å².